The van der Waals surface area contributed by atoms with Crippen molar-refractivity contribution in [2.75, 3.05) is 13.1 Å². The number of alkyl halides is 3. The van der Waals surface area contributed by atoms with Gasteiger partial charge in [0.25, 0.3) is 0 Å². The van der Waals surface area contributed by atoms with Crippen molar-refractivity contribution in [3.63, 3.8) is 0 Å². The Bertz CT molecular complexity index is 165. The Labute approximate surface area is 56.6 Å². The summed E-state index contributed by atoms with van der Waals surface area (Å²) in [5.41, 5.74) is -1.31. The molecule has 1 N–H and O–H groups in total. The van der Waals surface area contributed by atoms with Crippen LogP contribution in [0.25, 0.3) is 0 Å². The van der Waals surface area contributed by atoms with Gasteiger partial charge in [-0.2, -0.15) is 13.2 Å². The van der Waals surface area contributed by atoms with E-state index in [1.807, 2.05) is 0 Å². The Kier molecular flexibility index (Phi) is 0.966. The third-order valence-electron chi connectivity index (χ3n) is 2.63. The average Bonchev–Trinajstić information content (AvgIpc) is 2.36. The number of rotatable bonds is 0. The standard InChI is InChI=1S/C6H8F3N/c7-6(8,9)5-1-4(5)2-10-3-5/h4,10H,1-3H2/t4-,5+/m1/s1. The van der Waals surface area contributed by atoms with E-state index in [2.05, 4.69) is 5.32 Å². The highest BCUT2D eigenvalue weighted by atomic mass is 19.4. The molecule has 10 heavy (non-hydrogen) atoms. The van der Waals surface area contributed by atoms with Crippen LogP contribution in [0.15, 0.2) is 0 Å². The van der Waals surface area contributed by atoms with Crippen LogP contribution in [-0.2, 0) is 0 Å². The van der Waals surface area contributed by atoms with Crippen LogP contribution in [0.2, 0.25) is 0 Å². The SMILES string of the molecule is FC(F)(F)[C@@]12CNC[C@H]1C2. The average molecular weight is 151 g/mol. The second-order valence-corrected chi connectivity index (χ2v) is 3.19. The molecule has 0 spiro atoms. The summed E-state index contributed by atoms with van der Waals surface area (Å²) in [6, 6.07) is 0. The van der Waals surface area contributed by atoms with Crippen molar-refractivity contribution in [3.05, 3.63) is 0 Å². The van der Waals surface area contributed by atoms with E-state index in [0.29, 0.717) is 13.0 Å². The highest BCUT2D eigenvalue weighted by Crippen LogP contribution is 2.63. The molecule has 4 heteroatoms. The minimum atomic E-state index is -3.97. The fourth-order valence-electron chi connectivity index (χ4n) is 1.78. The molecule has 58 valence electrons. The Morgan fingerprint density at radius 3 is 2.30 bits per heavy atom. The van der Waals surface area contributed by atoms with Crippen LogP contribution < -0.4 is 5.32 Å². The van der Waals surface area contributed by atoms with Gasteiger partial charge in [-0.1, -0.05) is 0 Å². The number of hydrogen-bond acceptors (Lipinski definition) is 1. The van der Waals surface area contributed by atoms with Crippen molar-refractivity contribution in [1.29, 1.82) is 0 Å². The van der Waals surface area contributed by atoms with E-state index >= 15 is 0 Å². The van der Waals surface area contributed by atoms with Gasteiger partial charge in [0.05, 0.1) is 5.41 Å². The highest BCUT2D eigenvalue weighted by Gasteiger charge is 2.72. The molecule has 2 atom stereocenters. The van der Waals surface area contributed by atoms with Crippen molar-refractivity contribution < 1.29 is 13.2 Å². The van der Waals surface area contributed by atoms with Gasteiger partial charge in [0.15, 0.2) is 0 Å². The molecule has 0 bridgehead atoms. The summed E-state index contributed by atoms with van der Waals surface area (Å²) in [4.78, 5) is 0. The number of hydrogen-bond donors (Lipinski definition) is 1. The maximum atomic E-state index is 12.1. The molecule has 0 aromatic carbocycles. The molecule has 1 saturated carbocycles. The lowest BCUT2D eigenvalue weighted by atomic mass is 10.1. The second kappa shape index (κ2) is 1.49. The summed E-state index contributed by atoms with van der Waals surface area (Å²) >= 11 is 0. The van der Waals surface area contributed by atoms with Crippen LogP contribution >= 0.6 is 0 Å². The van der Waals surface area contributed by atoms with E-state index in [1.54, 1.807) is 0 Å². The van der Waals surface area contributed by atoms with Gasteiger partial charge in [0.1, 0.15) is 0 Å². The smallest absolute Gasteiger partial charge is 0.316 e. The van der Waals surface area contributed by atoms with E-state index in [0.717, 1.165) is 0 Å². The topological polar surface area (TPSA) is 12.0 Å². The van der Waals surface area contributed by atoms with Crippen molar-refractivity contribution in [2.45, 2.75) is 12.6 Å². The minimum Gasteiger partial charge on any atom is -0.316 e. The first-order valence-corrected chi connectivity index (χ1v) is 3.34. The summed E-state index contributed by atoms with van der Waals surface area (Å²) in [5, 5.41) is 2.75. The molecule has 2 rings (SSSR count). The molecule has 0 aromatic heterocycles. The molecule has 1 saturated heterocycles. The first-order valence-electron chi connectivity index (χ1n) is 3.34. The predicted octanol–water partition coefficient (Wildman–Crippen LogP) is 1.16. The number of nitrogens with one attached hydrogen (secondary N) is 1. The first kappa shape index (κ1) is 6.46. The van der Waals surface area contributed by atoms with Gasteiger partial charge in [0, 0.05) is 6.54 Å². The van der Waals surface area contributed by atoms with Crippen LogP contribution in [0.3, 0.4) is 0 Å². The number of piperidine rings is 1. The molecular weight excluding hydrogens is 143 g/mol. The van der Waals surface area contributed by atoms with Crippen molar-refractivity contribution in [3.8, 4) is 0 Å². The lowest BCUT2D eigenvalue weighted by Gasteiger charge is -2.15. The lowest BCUT2D eigenvalue weighted by Crippen LogP contribution is -2.30. The summed E-state index contributed by atoms with van der Waals surface area (Å²) < 4.78 is 36.4. The Balaban J connectivity index is 2.18. The maximum Gasteiger partial charge on any atom is 0.396 e. The van der Waals surface area contributed by atoms with Crippen LogP contribution in [0, 0.1) is 11.3 Å². The Morgan fingerprint density at radius 2 is 2.10 bits per heavy atom. The summed E-state index contributed by atoms with van der Waals surface area (Å²) in [6.45, 7) is 0.695. The van der Waals surface area contributed by atoms with Crippen molar-refractivity contribution in [1.82, 2.24) is 5.32 Å². The molecule has 0 amide bonds. The first-order chi connectivity index (χ1) is 4.56. The minimum absolute atomic E-state index is 0.118. The van der Waals surface area contributed by atoms with E-state index in [4.69, 9.17) is 0 Å². The van der Waals surface area contributed by atoms with Crippen LogP contribution in [0.4, 0.5) is 13.2 Å². The van der Waals surface area contributed by atoms with Gasteiger partial charge in [-0.3, -0.25) is 0 Å². The molecule has 0 unspecified atom stereocenters. The van der Waals surface area contributed by atoms with E-state index in [9.17, 15) is 13.2 Å². The molecule has 1 heterocycles. The zero-order valence-corrected chi connectivity index (χ0v) is 5.33. The van der Waals surface area contributed by atoms with Crippen LogP contribution in [-0.4, -0.2) is 19.3 Å². The molecular formula is C6H8F3N. The molecule has 0 radical (unpaired) electrons. The van der Waals surface area contributed by atoms with Gasteiger partial charge in [-0.25, -0.2) is 0 Å². The number of fused-ring (bicyclic) bond motifs is 1. The third kappa shape index (κ3) is 0.576. The molecule has 1 aliphatic carbocycles. The van der Waals surface area contributed by atoms with Gasteiger partial charge < -0.3 is 5.32 Å². The molecule has 1 nitrogen and oxygen atoms in total. The summed E-state index contributed by atoms with van der Waals surface area (Å²) in [7, 11) is 0. The van der Waals surface area contributed by atoms with Gasteiger partial charge in [-0.05, 0) is 18.9 Å². The quantitative estimate of drug-likeness (QED) is 0.547. The Morgan fingerprint density at radius 1 is 1.40 bits per heavy atom. The molecule has 2 fully saturated rings. The molecule has 0 aromatic rings. The van der Waals surface area contributed by atoms with E-state index < -0.39 is 11.6 Å². The normalized spacial score (nSPS) is 45.3. The zero-order chi connectivity index (χ0) is 7.41. The monoisotopic (exact) mass is 151 g/mol. The largest absolute Gasteiger partial charge is 0.396 e. The number of halogens is 3. The third-order valence-corrected chi connectivity index (χ3v) is 2.63. The summed E-state index contributed by atoms with van der Waals surface area (Å²) in [5.74, 6) is -0.118. The zero-order valence-electron chi connectivity index (χ0n) is 5.33. The Hall–Kier alpha value is -0.250. The lowest BCUT2D eigenvalue weighted by molar-refractivity contribution is -0.185. The van der Waals surface area contributed by atoms with Gasteiger partial charge in [0.2, 0.25) is 0 Å². The summed E-state index contributed by atoms with van der Waals surface area (Å²) in [6.07, 6.45) is -3.62. The predicted molar refractivity (Wildman–Crippen MR) is 29.5 cm³/mol. The van der Waals surface area contributed by atoms with E-state index in [1.165, 1.54) is 0 Å². The highest BCUT2D eigenvalue weighted by molar-refractivity contribution is 5.13. The fourth-order valence-corrected chi connectivity index (χ4v) is 1.78. The molecule has 2 aliphatic rings. The van der Waals surface area contributed by atoms with Crippen LogP contribution in [0.1, 0.15) is 6.42 Å². The van der Waals surface area contributed by atoms with Gasteiger partial charge in [-0.15, -0.1) is 0 Å². The molecule has 1 aliphatic heterocycles. The maximum absolute atomic E-state index is 12.1. The van der Waals surface area contributed by atoms with Gasteiger partial charge >= 0.3 is 6.18 Å². The second-order valence-electron chi connectivity index (χ2n) is 3.19. The van der Waals surface area contributed by atoms with E-state index in [-0.39, 0.29) is 12.5 Å². The van der Waals surface area contributed by atoms with Crippen molar-refractivity contribution >= 4 is 0 Å². The van der Waals surface area contributed by atoms with Crippen LogP contribution in [0.5, 0.6) is 0 Å². The fraction of sp³-hybridized carbons (Fsp3) is 1.00. The van der Waals surface area contributed by atoms with Crippen molar-refractivity contribution in [2.24, 2.45) is 11.3 Å².